The first-order chi connectivity index (χ1) is 9.56. The highest BCUT2D eigenvalue weighted by Gasteiger charge is 2.27. The average Bonchev–Trinajstić information content (AvgIpc) is 2.85. The number of ether oxygens (including phenoxy) is 1. The lowest BCUT2D eigenvalue weighted by Crippen LogP contribution is -2.45. The van der Waals surface area contributed by atoms with Crippen LogP contribution in [0.3, 0.4) is 0 Å². The molecule has 1 rings (SSSR count). The molecule has 6 heteroatoms. The van der Waals surface area contributed by atoms with Crippen molar-refractivity contribution in [1.82, 2.24) is 10.2 Å². The van der Waals surface area contributed by atoms with Crippen LogP contribution in [0.15, 0.2) is 0 Å². The van der Waals surface area contributed by atoms with E-state index in [2.05, 4.69) is 12.2 Å². The lowest BCUT2D eigenvalue weighted by molar-refractivity contribution is -0.137. The summed E-state index contributed by atoms with van der Waals surface area (Å²) in [5, 5.41) is 11.7. The van der Waals surface area contributed by atoms with Crippen LogP contribution >= 0.6 is 0 Å². The summed E-state index contributed by atoms with van der Waals surface area (Å²) < 4.78 is 5.11. The van der Waals surface area contributed by atoms with Gasteiger partial charge >= 0.3 is 12.0 Å². The SMILES string of the molecule is CCCC(COC)NC(=O)N1CCC(CCC(=O)O)C1. The monoisotopic (exact) mass is 286 g/mol. The fourth-order valence-corrected chi connectivity index (χ4v) is 2.59. The van der Waals surface area contributed by atoms with Gasteiger partial charge in [-0.2, -0.15) is 0 Å². The van der Waals surface area contributed by atoms with E-state index < -0.39 is 5.97 Å². The van der Waals surface area contributed by atoms with Gasteiger partial charge in [0.1, 0.15) is 0 Å². The van der Waals surface area contributed by atoms with E-state index in [9.17, 15) is 9.59 Å². The number of carbonyl (C=O) groups excluding carboxylic acids is 1. The number of likely N-dealkylation sites (tertiary alicyclic amines) is 1. The Bertz CT molecular complexity index is 316. The molecule has 2 amide bonds. The third-order valence-electron chi connectivity index (χ3n) is 3.67. The number of rotatable bonds is 8. The van der Waals surface area contributed by atoms with Crippen LogP contribution in [0.25, 0.3) is 0 Å². The number of urea groups is 1. The van der Waals surface area contributed by atoms with Crippen molar-refractivity contribution in [3.63, 3.8) is 0 Å². The zero-order valence-electron chi connectivity index (χ0n) is 12.4. The third-order valence-corrected chi connectivity index (χ3v) is 3.67. The van der Waals surface area contributed by atoms with Crippen LogP contribution in [0, 0.1) is 5.92 Å². The Balaban J connectivity index is 2.35. The zero-order valence-corrected chi connectivity index (χ0v) is 12.4. The molecule has 2 unspecified atom stereocenters. The second-order valence-electron chi connectivity index (χ2n) is 5.42. The first-order valence-corrected chi connectivity index (χ1v) is 7.33. The Morgan fingerprint density at radius 1 is 1.50 bits per heavy atom. The molecule has 1 aliphatic rings. The lowest BCUT2D eigenvalue weighted by Gasteiger charge is -2.22. The van der Waals surface area contributed by atoms with Crippen LogP contribution in [-0.2, 0) is 9.53 Å². The molecular weight excluding hydrogens is 260 g/mol. The van der Waals surface area contributed by atoms with E-state index in [0.29, 0.717) is 32.0 Å². The average molecular weight is 286 g/mol. The normalized spacial score (nSPS) is 19.9. The van der Waals surface area contributed by atoms with E-state index in [-0.39, 0.29) is 18.5 Å². The molecule has 2 N–H and O–H groups in total. The summed E-state index contributed by atoms with van der Waals surface area (Å²) in [5.41, 5.74) is 0. The molecular formula is C14H26N2O4. The molecule has 20 heavy (non-hydrogen) atoms. The molecule has 0 radical (unpaired) electrons. The Kier molecular flexibility index (Phi) is 7.36. The van der Waals surface area contributed by atoms with E-state index >= 15 is 0 Å². The van der Waals surface area contributed by atoms with E-state index in [1.54, 1.807) is 12.0 Å². The van der Waals surface area contributed by atoms with Crippen LogP contribution in [0.1, 0.15) is 39.0 Å². The quantitative estimate of drug-likeness (QED) is 0.712. The highest BCUT2D eigenvalue weighted by atomic mass is 16.5. The number of hydrogen-bond acceptors (Lipinski definition) is 3. The number of carboxylic acid groups (broad SMARTS) is 1. The number of methoxy groups -OCH3 is 1. The predicted octanol–water partition coefficient (Wildman–Crippen LogP) is 1.70. The Labute approximate surface area is 120 Å². The van der Waals surface area contributed by atoms with E-state index in [4.69, 9.17) is 9.84 Å². The molecule has 116 valence electrons. The minimum atomic E-state index is -0.768. The number of carboxylic acids is 1. The fraction of sp³-hybridized carbons (Fsp3) is 0.857. The smallest absolute Gasteiger partial charge is 0.317 e. The summed E-state index contributed by atoms with van der Waals surface area (Å²) in [6.45, 7) is 3.97. The van der Waals surface area contributed by atoms with E-state index in [0.717, 1.165) is 19.3 Å². The molecule has 0 aromatic carbocycles. The summed E-state index contributed by atoms with van der Waals surface area (Å²) in [7, 11) is 1.63. The highest BCUT2D eigenvalue weighted by molar-refractivity contribution is 5.74. The minimum absolute atomic E-state index is 0.0515. The summed E-state index contributed by atoms with van der Waals surface area (Å²) >= 11 is 0. The number of nitrogens with one attached hydrogen (secondary N) is 1. The molecule has 0 saturated carbocycles. The molecule has 1 heterocycles. The minimum Gasteiger partial charge on any atom is -0.481 e. The zero-order chi connectivity index (χ0) is 15.0. The molecule has 0 aromatic rings. The summed E-state index contributed by atoms with van der Waals surface area (Å²) in [5.74, 6) is -0.458. The number of nitrogens with zero attached hydrogens (tertiary/aromatic N) is 1. The van der Waals surface area contributed by atoms with Crippen LogP contribution < -0.4 is 5.32 Å². The van der Waals surface area contributed by atoms with Crippen molar-refractivity contribution in [3.8, 4) is 0 Å². The Morgan fingerprint density at radius 2 is 2.25 bits per heavy atom. The molecule has 6 nitrogen and oxygen atoms in total. The molecule has 1 fully saturated rings. The van der Waals surface area contributed by atoms with Gasteiger partial charge < -0.3 is 20.1 Å². The molecule has 2 atom stereocenters. The molecule has 0 aliphatic carbocycles. The molecule has 1 saturated heterocycles. The van der Waals surface area contributed by atoms with E-state index in [1.165, 1.54) is 0 Å². The number of hydrogen-bond donors (Lipinski definition) is 2. The maximum absolute atomic E-state index is 12.1. The van der Waals surface area contributed by atoms with Gasteiger partial charge in [0, 0.05) is 26.6 Å². The summed E-state index contributed by atoms with van der Waals surface area (Å²) in [4.78, 5) is 24.5. The first kappa shape index (κ1) is 16.8. The van der Waals surface area contributed by atoms with Crippen molar-refractivity contribution in [3.05, 3.63) is 0 Å². The van der Waals surface area contributed by atoms with Crippen LogP contribution in [-0.4, -0.2) is 54.9 Å². The Hall–Kier alpha value is -1.30. The number of aliphatic carboxylic acids is 1. The lowest BCUT2D eigenvalue weighted by atomic mass is 10.0. The summed E-state index contributed by atoms with van der Waals surface area (Å²) in [6.07, 6.45) is 3.62. The standard InChI is InChI=1S/C14H26N2O4/c1-3-4-12(10-20-2)15-14(19)16-8-7-11(9-16)5-6-13(17)18/h11-12H,3-10H2,1-2H3,(H,15,19)(H,17,18). The van der Waals surface area contributed by atoms with Gasteiger partial charge in [0.15, 0.2) is 0 Å². The maximum Gasteiger partial charge on any atom is 0.317 e. The van der Waals surface area contributed by atoms with Gasteiger partial charge in [0.05, 0.1) is 12.6 Å². The van der Waals surface area contributed by atoms with Crippen LogP contribution in [0.2, 0.25) is 0 Å². The van der Waals surface area contributed by atoms with Crippen LogP contribution in [0.5, 0.6) is 0 Å². The first-order valence-electron chi connectivity index (χ1n) is 7.33. The van der Waals surface area contributed by atoms with Gasteiger partial charge in [-0.3, -0.25) is 4.79 Å². The fourth-order valence-electron chi connectivity index (χ4n) is 2.59. The number of carbonyl (C=O) groups is 2. The number of amides is 2. The molecule has 0 spiro atoms. The van der Waals surface area contributed by atoms with Crippen molar-refractivity contribution in [2.75, 3.05) is 26.8 Å². The maximum atomic E-state index is 12.1. The van der Waals surface area contributed by atoms with Crippen molar-refractivity contribution in [2.45, 2.75) is 45.1 Å². The van der Waals surface area contributed by atoms with E-state index in [1.807, 2.05) is 0 Å². The van der Waals surface area contributed by atoms with Crippen molar-refractivity contribution >= 4 is 12.0 Å². The predicted molar refractivity (Wildman–Crippen MR) is 75.7 cm³/mol. The van der Waals surface area contributed by atoms with Crippen molar-refractivity contribution in [2.24, 2.45) is 5.92 Å². The molecule has 0 bridgehead atoms. The van der Waals surface area contributed by atoms with Crippen molar-refractivity contribution in [1.29, 1.82) is 0 Å². The third kappa shape index (κ3) is 5.77. The summed E-state index contributed by atoms with van der Waals surface area (Å²) in [6, 6.07) is -0.00565. The van der Waals surface area contributed by atoms with Crippen molar-refractivity contribution < 1.29 is 19.4 Å². The molecule has 1 aliphatic heterocycles. The highest BCUT2D eigenvalue weighted by Crippen LogP contribution is 2.21. The Morgan fingerprint density at radius 3 is 2.85 bits per heavy atom. The van der Waals surface area contributed by atoms with Gasteiger partial charge in [-0.05, 0) is 25.2 Å². The van der Waals surface area contributed by atoms with Gasteiger partial charge in [-0.15, -0.1) is 0 Å². The topological polar surface area (TPSA) is 78.9 Å². The second kappa shape index (κ2) is 8.79. The van der Waals surface area contributed by atoms with Crippen LogP contribution in [0.4, 0.5) is 4.79 Å². The van der Waals surface area contributed by atoms with Gasteiger partial charge in [-0.25, -0.2) is 4.79 Å². The van der Waals surface area contributed by atoms with Gasteiger partial charge in [0.2, 0.25) is 0 Å². The largest absolute Gasteiger partial charge is 0.481 e. The van der Waals surface area contributed by atoms with Gasteiger partial charge in [0.25, 0.3) is 0 Å². The van der Waals surface area contributed by atoms with Gasteiger partial charge in [-0.1, -0.05) is 13.3 Å². The second-order valence-corrected chi connectivity index (χ2v) is 5.42. The molecule has 0 aromatic heterocycles.